The number of benzene rings is 2. The summed E-state index contributed by atoms with van der Waals surface area (Å²) in [7, 11) is -3.85. The summed E-state index contributed by atoms with van der Waals surface area (Å²) >= 11 is 6.03. The Kier molecular flexibility index (Phi) is 3.30. The third kappa shape index (κ3) is 2.30. The highest BCUT2D eigenvalue weighted by Crippen LogP contribution is 2.37. The SMILES string of the molecule is CS(=O)(=O)Oc1ccc(Cl)c2c1C(=O)c1ccccc1C2=O. The van der Waals surface area contributed by atoms with Crippen LogP contribution in [0, 0.1) is 0 Å². The molecule has 1 aliphatic carbocycles. The van der Waals surface area contributed by atoms with Gasteiger partial charge in [-0.25, -0.2) is 0 Å². The highest BCUT2D eigenvalue weighted by molar-refractivity contribution is 7.86. The minimum absolute atomic E-state index is 0.0356. The maximum Gasteiger partial charge on any atom is 0.306 e. The molecule has 0 unspecified atom stereocenters. The van der Waals surface area contributed by atoms with Crippen molar-refractivity contribution in [1.82, 2.24) is 0 Å². The Morgan fingerprint density at radius 3 is 2.00 bits per heavy atom. The van der Waals surface area contributed by atoms with Gasteiger partial charge >= 0.3 is 10.1 Å². The van der Waals surface area contributed by atoms with E-state index in [-0.39, 0.29) is 33.0 Å². The summed E-state index contributed by atoms with van der Waals surface area (Å²) in [4.78, 5) is 25.2. The molecule has 112 valence electrons. The monoisotopic (exact) mass is 336 g/mol. The van der Waals surface area contributed by atoms with Crippen LogP contribution in [0.15, 0.2) is 36.4 Å². The molecule has 7 heteroatoms. The van der Waals surface area contributed by atoms with Crippen LogP contribution in [0.4, 0.5) is 0 Å². The fraction of sp³-hybridized carbons (Fsp3) is 0.0667. The Balaban J connectivity index is 2.32. The summed E-state index contributed by atoms with van der Waals surface area (Å²) in [6, 6.07) is 8.89. The summed E-state index contributed by atoms with van der Waals surface area (Å²) in [5.74, 6) is -1.13. The molecule has 1 aliphatic rings. The number of carbonyl (C=O) groups excluding carboxylic acids is 2. The third-order valence-electron chi connectivity index (χ3n) is 3.23. The number of hydrogen-bond acceptors (Lipinski definition) is 5. The smallest absolute Gasteiger partial charge is 0.306 e. The molecule has 0 N–H and O–H groups in total. The number of hydrogen-bond donors (Lipinski definition) is 0. The number of halogens is 1. The van der Waals surface area contributed by atoms with E-state index in [1.807, 2.05) is 0 Å². The Bertz CT molecular complexity index is 931. The normalized spacial score (nSPS) is 13.5. The standard InChI is InChI=1S/C15H9ClO5S/c1-22(19,20)21-11-7-6-10(16)12-13(11)15(18)9-5-3-2-4-8(9)14(12)17/h2-7H,1H3. The molecule has 5 nitrogen and oxygen atoms in total. The zero-order chi connectivity index (χ0) is 16.1. The van der Waals surface area contributed by atoms with Gasteiger partial charge in [-0.15, -0.1) is 0 Å². The number of ketones is 2. The van der Waals surface area contributed by atoms with Crippen LogP contribution in [-0.2, 0) is 10.1 Å². The lowest BCUT2D eigenvalue weighted by Crippen LogP contribution is -2.23. The highest BCUT2D eigenvalue weighted by Gasteiger charge is 2.34. The van der Waals surface area contributed by atoms with Crippen molar-refractivity contribution in [2.75, 3.05) is 6.26 Å². The van der Waals surface area contributed by atoms with E-state index >= 15 is 0 Å². The Morgan fingerprint density at radius 2 is 1.45 bits per heavy atom. The van der Waals surface area contributed by atoms with Crippen molar-refractivity contribution in [3.8, 4) is 5.75 Å². The van der Waals surface area contributed by atoms with E-state index in [4.69, 9.17) is 15.8 Å². The average Bonchev–Trinajstić information content (AvgIpc) is 2.45. The number of carbonyl (C=O) groups is 2. The van der Waals surface area contributed by atoms with Crippen LogP contribution >= 0.6 is 11.6 Å². The van der Waals surface area contributed by atoms with Gasteiger partial charge in [0.1, 0.15) is 0 Å². The van der Waals surface area contributed by atoms with Gasteiger partial charge in [-0.1, -0.05) is 35.9 Å². The average molecular weight is 337 g/mol. The fourth-order valence-electron chi connectivity index (χ4n) is 2.39. The van der Waals surface area contributed by atoms with E-state index < -0.39 is 21.7 Å². The first-order valence-corrected chi connectivity index (χ1v) is 8.39. The summed E-state index contributed by atoms with van der Waals surface area (Å²) in [6.07, 6.45) is 0.858. The minimum atomic E-state index is -3.85. The topological polar surface area (TPSA) is 77.5 Å². The Morgan fingerprint density at radius 1 is 0.909 bits per heavy atom. The van der Waals surface area contributed by atoms with Crippen molar-refractivity contribution < 1.29 is 22.2 Å². The second-order valence-electron chi connectivity index (χ2n) is 4.79. The van der Waals surface area contributed by atoms with Gasteiger partial charge in [-0.2, -0.15) is 8.42 Å². The molecule has 0 atom stereocenters. The van der Waals surface area contributed by atoms with E-state index in [2.05, 4.69) is 0 Å². The van der Waals surface area contributed by atoms with E-state index in [0.717, 1.165) is 6.26 Å². The molecule has 0 heterocycles. The van der Waals surface area contributed by atoms with Gasteiger partial charge in [0.2, 0.25) is 0 Å². The van der Waals surface area contributed by atoms with Gasteiger partial charge in [0.05, 0.1) is 22.4 Å². The molecule has 0 saturated heterocycles. The lowest BCUT2D eigenvalue weighted by Gasteiger charge is -2.20. The van der Waals surface area contributed by atoms with Gasteiger partial charge in [0.25, 0.3) is 0 Å². The van der Waals surface area contributed by atoms with Crippen LogP contribution in [0.3, 0.4) is 0 Å². The van der Waals surface area contributed by atoms with Crippen molar-refractivity contribution in [1.29, 1.82) is 0 Å². The largest absolute Gasteiger partial charge is 0.382 e. The number of fused-ring (bicyclic) bond motifs is 2. The summed E-state index contributed by atoms with van der Waals surface area (Å²) < 4.78 is 27.5. The molecule has 0 aromatic heterocycles. The maximum atomic E-state index is 12.6. The second-order valence-corrected chi connectivity index (χ2v) is 6.77. The van der Waals surface area contributed by atoms with Crippen LogP contribution < -0.4 is 4.18 Å². The molecule has 3 rings (SSSR count). The van der Waals surface area contributed by atoms with E-state index in [1.165, 1.54) is 24.3 Å². The number of rotatable bonds is 2. The van der Waals surface area contributed by atoms with Gasteiger partial charge in [0.15, 0.2) is 17.3 Å². The molecule has 0 bridgehead atoms. The Labute approximate surface area is 131 Å². The second kappa shape index (κ2) is 4.93. The lowest BCUT2D eigenvalue weighted by molar-refractivity contribution is 0.0977. The predicted molar refractivity (Wildman–Crippen MR) is 80.2 cm³/mol. The molecule has 0 amide bonds. The third-order valence-corrected chi connectivity index (χ3v) is 4.03. The van der Waals surface area contributed by atoms with Gasteiger partial charge in [0, 0.05) is 11.1 Å². The van der Waals surface area contributed by atoms with E-state index in [9.17, 15) is 18.0 Å². The van der Waals surface area contributed by atoms with Gasteiger partial charge < -0.3 is 4.18 Å². The summed E-state index contributed by atoms with van der Waals surface area (Å²) in [5.41, 5.74) is 0.271. The molecule has 0 saturated carbocycles. The summed E-state index contributed by atoms with van der Waals surface area (Å²) in [5, 5.41) is 0.0729. The van der Waals surface area contributed by atoms with Crippen molar-refractivity contribution in [3.05, 3.63) is 63.7 Å². The van der Waals surface area contributed by atoms with E-state index in [1.54, 1.807) is 12.1 Å². The van der Waals surface area contributed by atoms with Crippen molar-refractivity contribution in [3.63, 3.8) is 0 Å². The highest BCUT2D eigenvalue weighted by atomic mass is 35.5. The first-order valence-electron chi connectivity index (χ1n) is 6.20. The van der Waals surface area contributed by atoms with Crippen molar-refractivity contribution in [2.45, 2.75) is 0 Å². The maximum absolute atomic E-state index is 12.6. The van der Waals surface area contributed by atoms with Crippen LogP contribution in [-0.4, -0.2) is 26.2 Å². The lowest BCUT2D eigenvalue weighted by atomic mass is 9.83. The zero-order valence-electron chi connectivity index (χ0n) is 11.3. The molecule has 0 fully saturated rings. The van der Waals surface area contributed by atoms with Crippen LogP contribution in [0.5, 0.6) is 5.75 Å². The fourth-order valence-corrected chi connectivity index (χ4v) is 3.09. The van der Waals surface area contributed by atoms with Gasteiger partial charge in [-0.05, 0) is 12.1 Å². The van der Waals surface area contributed by atoms with Crippen LogP contribution in [0.1, 0.15) is 31.8 Å². The van der Waals surface area contributed by atoms with Gasteiger partial charge in [-0.3, -0.25) is 9.59 Å². The molecular weight excluding hydrogens is 328 g/mol. The minimum Gasteiger partial charge on any atom is -0.382 e. The first-order chi connectivity index (χ1) is 10.3. The van der Waals surface area contributed by atoms with Crippen molar-refractivity contribution >= 4 is 33.3 Å². The molecule has 0 radical (unpaired) electrons. The van der Waals surface area contributed by atoms with Crippen molar-refractivity contribution in [2.24, 2.45) is 0 Å². The Hall–Kier alpha value is -2.18. The zero-order valence-corrected chi connectivity index (χ0v) is 12.9. The van der Waals surface area contributed by atoms with E-state index in [0.29, 0.717) is 0 Å². The quantitative estimate of drug-likeness (QED) is 0.672. The molecule has 22 heavy (non-hydrogen) atoms. The first kappa shape index (κ1) is 14.7. The van der Waals surface area contributed by atoms with Crippen LogP contribution in [0.2, 0.25) is 5.02 Å². The van der Waals surface area contributed by atoms with Crippen LogP contribution in [0.25, 0.3) is 0 Å². The summed E-state index contributed by atoms with van der Waals surface area (Å²) in [6.45, 7) is 0. The molecule has 2 aromatic carbocycles. The molecule has 2 aromatic rings. The predicted octanol–water partition coefficient (Wildman–Crippen LogP) is 2.45. The molecule has 0 aliphatic heterocycles. The molecule has 0 spiro atoms. The molecular formula is C15H9ClO5S.